The van der Waals surface area contributed by atoms with Crippen molar-refractivity contribution in [2.45, 2.75) is 18.9 Å². The van der Waals surface area contributed by atoms with Crippen LogP contribution in [0.3, 0.4) is 0 Å². The van der Waals surface area contributed by atoms with Gasteiger partial charge in [0.1, 0.15) is 11.4 Å². The van der Waals surface area contributed by atoms with Gasteiger partial charge in [0, 0.05) is 11.3 Å². The monoisotopic (exact) mass is 349 g/mol. The van der Waals surface area contributed by atoms with Crippen LogP contribution in [0.15, 0.2) is 66.0 Å². The van der Waals surface area contributed by atoms with Gasteiger partial charge in [-0.05, 0) is 43.2 Å². The van der Waals surface area contributed by atoms with Crippen LogP contribution in [0.2, 0.25) is 0 Å². The van der Waals surface area contributed by atoms with Gasteiger partial charge < -0.3 is 5.32 Å². The molecule has 0 saturated heterocycles. The Kier molecular flexibility index (Phi) is 5.46. The summed E-state index contributed by atoms with van der Waals surface area (Å²) in [5.74, 6) is 0.256. The van der Waals surface area contributed by atoms with E-state index in [4.69, 9.17) is 0 Å². The molecule has 0 atom stereocenters. The highest BCUT2D eigenvalue weighted by Crippen LogP contribution is 2.22. The molecule has 1 amide bonds. The molecule has 0 fully saturated rings. The molecular formula is C20H19N3OS. The number of benzene rings is 2. The number of thioether (sulfide) groups is 1. The third-order valence-electron chi connectivity index (χ3n) is 3.85. The van der Waals surface area contributed by atoms with Crippen molar-refractivity contribution in [3.05, 3.63) is 72.1 Å². The molecule has 0 bridgehead atoms. The predicted octanol–water partition coefficient (Wildman–Crippen LogP) is 4.49. The van der Waals surface area contributed by atoms with Gasteiger partial charge in [-0.3, -0.25) is 4.79 Å². The van der Waals surface area contributed by atoms with Crippen LogP contribution in [0.5, 0.6) is 0 Å². The molecule has 25 heavy (non-hydrogen) atoms. The Morgan fingerprint density at radius 2 is 1.80 bits per heavy atom. The van der Waals surface area contributed by atoms with E-state index in [9.17, 15) is 4.79 Å². The molecule has 5 heteroatoms. The van der Waals surface area contributed by atoms with E-state index in [1.807, 2.05) is 61.5 Å². The molecule has 3 aromatic rings. The van der Waals surface area contributed by atoms with Crippen LogP contribution in [0.4, 0.5) is 5.69 Å². The van der Waals surface area contributed by atoms with Gasteiger partial charge >= 0.3 is 0 Å². The second-order valence-corrected chi connectivity index (χ2v) is 6.74. The Hall–Kier alpha value is -2.66. The molecule has 0 unspecified atom stereocenters. The normalized spacial score (nSPS) is 10.5. The zero-order chi connectivity index (χ0) is 17.6. The maximum Gasteiger partial charge on any atom is 0.234 e. The van der Waals surface area contributed by atoms with E-state index in [0.29, 0.717) is 5.75 Å². The number of hydrogen-bond acceptors (Lipinski definition) is 4. The summed E-state index contributed by atoms with van der Waals surface area (Å²) < 4.78 is 0. The zero-order valence-electron chi connectivity index (χ0n) is 14.2. The van der Waals surface area contributed by atoms with Crippen LogP contribution in [-0.2, 0) is 4.79 Å². The lowest BCUT2D eigenvalue weighted by Gasteiger charge is -2.08. The standard InChI is InChI=1S/C20H19N3OS/c1-14-8-9-17(10-15(14)2)23-19(24)12-25-20-11-18(21-13-22-20)16-6-4-3-5-7-16/h3-11,13H,12H2,1-2H3,(H,23,24). The molecule has 2 aromatic carbocycles. The topological polar surface area (TPSA) is 54.9 Å². The van der Waals surface area contributed by atoms with Crippen molar-refractivity contribution < 1.29 is 4.79 Å². The van der Waals surface area contributed by atoms with Gasteiger partial charge in [0.2, 0.25) is 5.91 Å². The number of hydrogen-bond donors (Lipinski definition) is 1. The van der Waals surface area contributed by atoms with Crippen molar-refractivity contribution in [3.8, 4) is 11.3 Å². The van der Waals surface area contributed by atoms with Crippen molar-refractivity contribution in [1.29, 1.82) is 0 Å². The average molecular weight is 349 g/mol. The summed E-state index contributed by atoms with van der Waals surface area (Å²) in [5.41, 5.74) is 5.08. The highest BCUT2D eigenvalue weighted by atomic mass is 32.2. The van der Waals surface area contributed by atoms with Crippen LogP contribution in [0, 0.1) is 13.8 Å². The molecule has 1 aromatic heterocycles. The highest BCUT2D eigenvalue weighted by Gasteiger charge is 2.07. The summed E-state index contributed by atoms with van der Waals surface area (Å²) in [6.07, 6.45) is 1.53. The van der Waals surface area contributed by atoms with Gasteiger partial charge in [-0.2, -0.15) is 0 Å². The fourth-order valence-corrected chi connectivity index (χ4v) is 3.01. The van der Waals surface area contributed by atoms with Gasteiger partial charge in [0.25, 0.3) is 0 Å². The number of carbonyl (C=O) groups excluding carboxylic acids is 1. The van der Waals surface area contributed by atoms with Gasteiger partial charge in [-0.1, -0.05) is 48.2 Å². The number of anilines is 1. The van der Waals surface area contributed by atoms with Gasteiger partial charge in [-0.25, -0.2) is 9.97 Å². The van der Waals surface area contributed by atoms with Crippen LogP contribution in [0.1, 0.15) is 11.1 Å². The molecule has 0 radical (unpaired) electrons. The smallest absolute Gasteiger partial charge is 0.234 e. The number of aromatic nitrogens is 2. The minimum atomic E-state index is -0.0480. The molecule has 4 nitrogen and oxygen atoms in total. The fourth-order valence-electron chi connectivity index (χ4n) is 2.34. The molecule has 0 saturated carbocycles. The highest BCUT2D eigenvalue weighted by molar-refractivity contribution is 7.99. The molecule has 1 heterocycles. The van der Waals surface area contributed by atoms with E-state index in [1.165, 1.54) is 23.7 Å². The summed E-state index contributed by atoms with van der Waals surface area (Å²) in [4.78, 5) is 20.7. The Balaban J connectivity index is 1.61. The Morgan fingerprint density at radius 3 is 2.56 bits per heavy atom. The van der Waals surface area contributed by atoms with E-state index in [1.54, 1.807) is 0 Å². The van der Waals surface area contributed by atoms with E-state index in [0.717, 1.165) is 27.5 Å². The Morgan fingerprint density at radius 1 is 1.00 bits per heavy atom. The molecule has 0 spiro atoms. The number of amides is 1. The van der Waals surface area contributed by atoms with Crippen LogP contribution in [-0.4, -0.2) is 21.6 Å². The first-order chi connectivity index (χ1) is 12.1. The van der Waals surface area contributed by atoms with Crippen molar-refractivity contribution in [2.24, 2.45) is 0 Å². The van der Waals surface area contributed by atoms with E-state index in [2.05, 4.69) is 22.2 Å². The Bertz CT molecular complexity index is 881. The predicted molar refractivity (Wildman–Crippen MR) is 103 cm³/mol. The minimum absolute atomic E-state index is 0.0480. The second kappa shape index (κ2) is 7.94. The van der Waals surface area contributed by atoms with Crippen LogP contribution >= 0.6 is 11.8 Å². The Labute approximate surface area is 151 Å². The number of nitrogens with zero attached hydrogens (tertiary/aromatic N) is 2. The first-order valence-electron chi connectivity index (χ1n) is 7.99. The molecule has 1 N–H and O–H groups in total. The van der Waals surface area contributed by atoms with Gasteiger partial charge in [0.15, 0.2) is 0 Å². The number of carbonyl (C=O) groups is 1. The maximum atomic E-state index is 12.2. The fraction of sp³-hybridized carbons (Fsp3) is 0.150. The lowest BCUT2D eigenvalue weighted by Crippen LogP contribution is -2.14. The van der Waals surface area contributed by atoms with E-state index < -0.39 is 0 Å². The summed E-state index contributed by atoms with van der Waals surface area (Å²) >= 11 is 1.40. The lowest BCUT2D eigenvalue weighted by molar-refractivity contribution is -0.113. The van der Waals surface area contributed by atoms with Gasteiger partial charge in [0.05, 0.1) is 11.4 Å². The number of nitrogens with one attached hydrogen (secondary N) is 1. The molecule has 126 valence electrons. The van der Waals surface area contributed by atoms with Crippen LogP contribution in [0.25, 0.3) is 11.3 Å². The summed E-state index contributed by atoms with van der Waals surface area (Å²) in [7, 11) is 0. The molecule has 0 aliphatic heterocycles. The third-order valence-corrected chi connectivity index (χ3v) is 4.78. The first kappa shape index (κ1) is 17.2. The number of aryl methyl sites for hydroxylation is 2. The second-order valence-electron chi connectivity index (χ2n) is 5.74. The zero-order valence-corrected chi connectivity index (χ0v) is 15.0. The summed E-state index contributed by atoms with van der Waals surface area (Å²) in [5, 5.41) is 3.70. The minimum Gasteiger partial charge on any atom is -0.325 e. The molecular weight excluding hydrogens is 330 g/mol. The molecule has 3 rings (SSSR count). The van der Waals surface area contributed by atoms with E-state index in [-0.39, 0.29) is 5.91 Å². The molecule has 0 aliphatic carbocycles. The molecule has 0 aliphatic rings. The van der Waals surface area contributed by atoms with Crippen LogP contribution < -0.4 is 5.32 Å². The van der Waals surface area contributed by atoms with Crippen molar-refractivity contribution >= 4 is 23.4 Å². The number of rotatable bonds is 5. The first-order valence-corrected chi connectivity index (χ1v) is 8.98. The largest absolute Gasteiger partial charge is 0.325 e. The quantitative estimate of drug-likeness (QED) is 0.545. The SMILES string of the molecule is Cc1ccc(NC(=O)CSc2cc(-c3ccccc3)ncn2)cc1C. The maximum absolute atomic E-state index is 12.2. The van der Waals surface area contributed by atoms with Crippen molar-refractivity contribution in [2.75, 3.05) is 11.1 Å². The van der Waals surface area contributed by atoms with E-state index >= 15 is 0 Å². The summed E-state index contributed by atoms with van der Waals surface area (Å²) in [6, 6.07) is 17.7. The lowest BCUT2D eigenvalue weighted by atomic mass is 10.1. The van der Waals surface area contributed by atoms with Crippen molar-refractivity contribution in [3.63, 3.8) is 0 Å². The summed E-state index contributed by atoms with van der Waals surface area (Å²) in [6.45, 7) is 4.09. The van der Waals surface area contributed by atoms with Crippen molar-refractivity contribution in [1.82, 2.24) is 9.97 Å². The third kappa shape index (κ3) is 4.67. The van der Waals surface area contributed by atoms with Gasteiger partial charge in [-0.15, -0.1) is 0 Å². The average Bonchev–Trinajstić information content (AvgIpc) is 2.64.